The van der Waals surface area contributed by atoms with Crippen molar-refractivity contribution in [2.24, 2.45) is 0 Å². The summed E-state index contributed by atoms with van der Waals surface area (Å²) in [5, 5.41) is 13.5. The Kier molecular flexibility index (Phi) is 9.18. The van der Waals surface area contributed by atoms with Crippen LogP contribution < -0.4 is 16.1 Å². The highest BCUT2D eigenvalue weighted by Crippen LogP contribution is 2.39. The van der Waals surface area contributed by atoms with Crippen LogP contribution >= 0.6 is 0 Å². The lowest BCUT2D eigenvalue weighted by Gasteiger charge is -2.43. The average Bonchev–Trinajstić information content (AvgIpc) is 3.56. The maximum absolute atomic E-state index is 12.6. The van der Waals surface area contributed by atoms with Crippen molar-refractivity contribution >= 4 is 41.3 Å². The number of nitrogens with zero attached hydrogens (tertiary/aromatic N) is 3. The van der Waals surface area contributed by atoms with Gasteiger partial charge in [-0.25, -0.2) is 9.97 Å². The maximum Gasteiger partial charge on any atom is 0.450 e. The van der Waals surface area contributed by atoms with Crippen LogP contribution in [0.2, 0.25) is 5.04 Å². The lowest BCUT2D eigenvalue weighted by molar-refractivity contribution is -0.170. The molecule has 3 N–H and O–H groups in total. The quantitative estimate of drug-likeness (QED) is 0.216. The number of ether oxygens (including phenoxy) is 1. The number of Topliss-reactive ketones (excluding diaryl/α,β-unsaturated/α-hetero) is 1. The van der Waals surface area contributed by atoms with Gasteiger partial charge in [0.05, 0.1) is 23.7 Å². The molecule has 1 aliphatic heterocycles. The molecule has 4 aromatic rings. The van der Waals surface area contributed by atoms with Crippen LogP contribution in [0.3, 0.4) is 0 Å². The third-order valence-corrected chi connectivity index (χ3v) is 13.1. The number of aliphatic hydroxyl groups is 1. The minimum absolute atomic E-state index is 0.138. The minimum atomic E-state index is -4.89. The molecule has 3 heterocycles. The van der Waals surface area contributed by atoms with Crippen LogP contribution in [0.4, 0.5) is 19.0 Å². The van der Waals surface area contributed by atoms with Gasteiger partial charge in [0.1, 0.15) is 30.1 Å². The van der Waals surface area contributed by atoms with Crippen LogP contribution in [0.15, 0.2) is 73.2 Å². The number of alkyl halides is 3. The van der Waals surface area contributed by atoms with Crippen LogP contribution in [0.25, 0.3) is 11.0 Å². The van der Waals surface area contributed by atoms with Crippen LogP contribution in [0.1, 0.15) is 51.8 Å². The van der Waals surface area contributed by atoms with Gasteiger partial charge in [0, 0.05) is 25.5 Å². The summed E-state index contributed by atoms with van der Waals surface area (Å²) in [6.45, 7) is 6.66. The Bertz CT molecular complexity index is 1670. The van der Waals surface area contributed by atoms with E-state index in [-0.39, 0.29) is 30.3 Å². The summed E-state index contributed by atoms with van der Waals surface area (Å²) >= 11 is 0. The molecule has 0 aliphatic carbocycles. The van der Waals surface area contributed by atoms with E-state index in [0.29, 0.717) is 16.6 Å². The molecule has 1 unspecified atom stereocenters. The highest BCUT2D eigenvalue weighted by Gasteiger charge is 2.51. The van der Waals surface area contributed by atoms with Gasteiger partial charge >= 0.3 is 6.18 Å². The SMILES string of the molecule is CC(C)(C)[Si](OC[C@H]1O[C@@H](n2cc(C#CCCC(=O)C(F)(F)F)c3c(N)ncnc32)CC1O)(c1ccccc1)c1ccccc1. The summed E-state index contributed by atoms with van der Waals surface area (Å²) in [6, 6.07) is 20.3. The summed E-state index contributed by atoms with van der Waals surface area (Å²) in [5.74, 6) is 3.75. The Hall–Kier alpha value is -4.02. The van der Waals surface area contributed by atoms with E-state index < -0.39 is 45.1 Å². The van der Waals surface area contributed by atoms with E-state index in [2.05, 4.69) is 66.8 Å². The Balaban J connectivity index is 1.41. The molecule has 1 aliphatic rings. The number of benzene rings is 2. The number of anilines is 1. The van der Waals surface area contributed by atoms with E-state index >= 15 is 0 Å². The third kappa shape index (κ3) is 6.53. The lowest BCUT2D eigenvalue weighted by Crippen LogP contribution is -2.67. The highest BCUT2D eigenvalue weighted by molar-refractivity contribution is 6.99. The first-order valence-corrected chi connectivity index (χ1v) is 16.5. The molecule has 0 amide bonds. The first-order chi connectivity index (χ1) is 21.3. The van der Waals surface area contributed by atoms with Crippen molar-refractivity contribution in [2.75, 3.05) is 12.3 Å². The second-order valence-corrected chi connectivity index (χ2v) is 16.3. The molecule has 2 aromatic carbocycles. The highest BCUT2D eigenvalue weighted by atomic mass is 28.4. The van der Waals surface area contributed by atoms with E-state index in [9.17, 15) is 23.1 Å². The fourth-order valence-corrected chi connectivity index (χ4v) is 10.5. The van der Waals surface area contributed by atoms with Gasteiger partial charge in [-0.2, -0.15) is 13.2 Å². The molecule has 0 radical (unpaired) electrons. The van der Waals surface area contributed by atoms with Crippen LogP contribution in [0.5, 0.6) is 0 Å². The number of aliphatic hydroxyl groups excluding tert-OH is 1. The Morgan fingerprint density at radius 1 is 1.09 bits per heavy atom. The zero-order chi connectivity index (χ0) is 32.4. The second-order valence-electron chi connectivity index (χ2n) is 12.0. The number of carbonyl (C=O) groups excluding carboxylic acids is 1. The number of fused-ring (bicyclic) bond motifs is 1. The molecule has 3 atom stereocenters. The van der Waals surface area contributed by atoms with Gasteiger partial charge in [-0.05, 0) is 15.4 Å². The van der Waals surface area contributed by atoms with Crippen molar-refractivity contribution in [3.63, 3.8) is 0 Å². The average molecular weight is 637 g/mol. The number of carbonyl (C=O) groups is 1. The fraction of sp³-hybridized carbons (Fsp3) is 0.364. The predicted molar refractivity (Wildman–Crippen MR) is 167 cm³/mol. The second kappa shape index (κ2) is 12.8. The van der Waals surface area contributed by atoms with E-state index in [1.807, 2.05) is 36.4 Å². The molecule has 0 bridgehead atoms. The van der Waals surface area contributed by atoms with Gasteiger partial charge in [-0.15, -0.1) is 0 Å². The Morgan fingerprint density at radius 2 is 1.71 bits per heavy atom. The molecule has 0 saturated carbocycles. The summed E-state index contributed by atoms with van der Waals surface area (Å²) < 4.78 is 52.8. The van der Waals surface area contributed by atoms with Crippen molar-refractivity contribution in [3.8, 4) is 11.8 Å². The van der Waals surface area contributed by atoms with Gasteiger partial charge in [0.15, 0.2) is 0 Å². The first-order valence-electron chi connectivity index (χ1n) is 14.6. The zero-order valence-electron chi connectivity index (χ0n) is 25.2. The Morgan fingerprint density at radius 3 is 2.29 bits per heavy atom. The van der Waals surface area contributed by atoms with Gasteiger partial charge in [-0.3, -0.25) is 4.79 Å². The monoisotopic (exact) mass is 636 g/mol. The topological polar surface area (TPSA) is 112 Å². The smallest absolute Gasteiger partial charge is 0.405 e. The van der Waals surface area contributed by atoms with Gasteiger partial charge in [0.25, 0.3) is 8.32 Å². The van der Waals surface area contributed by atoms with Gasteiger partial charge in [-0.1, -0.05) is 93.3 Å². The van der Waals surface area contributed by atoms with E-state index in [4.69, 9.17) is 14.9 Å². The van der Waals surface area contributed by atoms with Crippen molar-refractivity contribution in [3.05, 3.63) is 78.8 Å². The van der Waals surface area contributed by atoms with Crippen molar-refractivity contribution < 1.29 is 32.2 Å². The molecule has 5 rings (SSSR count). The molecule has 236 valence electrons. The number of nitrogens with two attached hydrogens (primary N) is 1. The number of aromatic nitrogens is 3. The number of rotatable bonds is 8. The lowest BCUT2D eigenvalue weighted by atomic mass is 10.2. The normalized spacial score (nSPS) is 19.0. The molecule has 1 fully saturated rings. The van der Waals surface area contributed by atoms with Crippen molar-refractivity contribution in [1.82, 2.24) is 14.5 Å². The van der Waals surface area contributed by atoms with Crippen molar-refractivity contribution in [2.45, 2.75) is 69.7 Å². The van der Waals surface area contributed by atoms with E-state index in [1.165, 1.54) is 6.33 Å². The maximum atomic E-state index is 12.6. The summed E-state index contributed by atoms with van der Waals surface area (Å²) in [7, 11) is -2.88. The minimum Gasteiger partial charge on any atom is -0.405 e. The molecule has 1 saturated heterocycles. The van der Waals surface area contributed by atoms with Crippen LogP contribution in [-0.2, 0) is 14.0 Å². The number of hydrogen-bond acceptors (Lipinski definition) is 7. The van der Waals surface area contributed by atoms with E-state index in [1.54, 1.807) is 10.8 Å². The summed E-state index contributed by atoms with van der Waals surface area (Å²) in [6.07, 6.45) is -4.91. The standard InChI is InChI=1S/C33H35F3N4O4Si/c1-32(2,3)45(23-13-6-4-7-14-23,24-15-8-5-9-16-24)43-20-26-25(41)18-28(44-26)40-19-22(29-30(37)38-21-39-31(29)40)12-10-11-17-27(42)33(34,35)36/h4-9,13-16,19,21,25-26,28,41H,11,17-18,20H2,1-3H3,(H2,37,38,39)/t25?,26-,28-/m1/s1. The predicted octanol–water partition coefficient (Wildman–Crippen LogP) is 4.50. The van der Waals surface area contributed by atoms with E-state index in [0.717, 1.165) is 10.4 Å². The molecule has 0 spiro atoms. The number of hydrogen-bond donors (Lipinski definition) is 2. The fourth-order valence-electron chi connectivity index (χ4n) is 5.90. The van der Waals surface area contributed by atoms with Crippen LogP contribution in [-0.4, -0.2) is 58.7 Å². The van der Waals surface area contributed by atoms with Gasteiger partial charge in [0.2, 0.25) is 5.78 Å². The first kappa shape index (κ1) is 32.4. The number of nitrogen functional groups attached to an aromatic ring is 1. The Labute approximate surface area is 260 Å². The van der Waals surface area contributed by atoms with Gasteiger partial charge < -0.3 is 24.6 Å². The largest absolute Gasteiger partial charge is 0.450 e. The molecular weight excluding hydrogens is 601 g/mol. The summed E-state index contributed by atoms with van der Waals surface area (Å²) in [4.78, 5) is 19.6. The molecule has 12 heteroatoms. The van der Waals surface area contributed by atoms with Crippen LogP contribution in [0, 0.1) is 11.8 Å². The molecular formula is C33H35F3N4O4Si. The number of ketones is 1. The number of halogens is 3. The zero-order valence-corrected chi connectivity index (χ0v) is 26.2. The summed E-state index contributed by atoms with van der Waals surface area (Å²) in [5.41, 5.74) is 6.93. The third-order valence-electron chi connectivity index (χ3n) is 8.05. The molecule has 2 aromatic heterocycles. The molecule has 8 nitrogen and oxygen atoms in total. The molecule has 45 heavy (non-hydrogen) atoms. The van der Waals surface area contributed by atoms with Crippen molar-refractivity contribution in [1.29, 1.82) is 0 Å².